The van der Waals surface area contributed by atoms with E-state index in [1.165, 1.54) is 0 Å². The molecule has 8 nitrogen and oxygen atoms in total. The Bertz CT molecular complexity index is 1020. The summed E-state index contributed by atoms with van der Waals surface area (Å²) in [5.41, 5.74) is 1.90. The molecule has 176 valence electrons. The molecule has 1 aliphatic heterocycles. The van der Waals surface area contributed by atoms with Crippen LogP contribution < -0.4 is 10.1 Å². The van der Waals surface area contributed by atoms with E-state index in [-0.39, 0.29) is 35.7 Å². The largest absolute Gasteiger partial charge is 0.474 e. The van der Waals surface area contributed by atoms with E-state index in [0.29, 0.717) is 24.7 Å². The van der Waals surface area contributed by atoms with Crippen molar-refractivity contribution in [2.75, 3.05) is 16.8 Å². The molecule has 2 aromatic rings. The SMILES string of the molecule is CCCC(C)Nc1ncc2c(OC3CCS(=O)(=O)CC3)ncc([C@H]3CC[C@@H](O)CC3)c2n1. The number of aliphatic hydroxyl groups is 1. The number of pyridine rings is 1. The first-order valence-corrected chi connectivity index (χ1v) is 13.6. The summed E-state index contributed by atoms with van der Waals surface area (Å²) in [6.45, 7) is 4.28. The highest BCUT2D eigenvalue weighted by atomic mass is 32.2. The maximum Gasteiger partial charge on any atom is 0.224 e. The number of nitrogens with zero attached hydrogens (tertiary/aromatic N) is 3. The molecule has 1 saturated heterocycles. The van der Waals surface area contributed by atoms with Gasteiger partial charge in [-0.3, -0.25) is 0 Å². The van der Waals surface area contributed by atoms with Gasteiger partial charge in [-0.1, -0.05) is 13.3 Å². The van der Waals surface area contributed by atoms with Crippen molar-refractivity contribution in [3.8, 4) is 5.88 Å². The van der Waals surface area contributed by atoms with Crippen molar-refractivity contribution in [1.29, 1.82) is 0 Å². The van der Waals surface area contributed by atoms with E-state index in [1.54, 1.807) is 6.20 Å². The zero-order chi connectivity index (χ0) is 22.7. The molecule has 3 heterocycles. The van der Waals surface area contributed by atoms with Crippen molar-refractivity contribution < 1.29 is 18.3 Å². The van der Waals surface area contributed by atoms with Crippen molar-refractivity contribution in [3.63, 3.8) is 0 Å². The van der Waals surface area contributed by atoms with E-state index in [2.05, 4.69) is 29.1 Å². The van der Waals surface area contributed by atoms with Crippen LogP contribution in [-0.2, 0) is 9.84 Å². The van der Waals surface area contributed by atoms with Crippen molar-refractivity contribution >= 4 is 26.7 Å². The molecule has 0 bridgehead atoms. The van der Waals surface area contributed by atoms with E-state index >= 15 is 0 Å². The van der Waals surface area contributed by atoms with Crippen LogP contribution in [-0.4, -0.2) is 58.2 Å². The summed E-state index contributed by atoms with van der Waals surface area (Å²) < 4.78 is 29.7. The van der Waals surface area contributed by atoms with Crippen LogP contribution in [0.15, 0.2) is 12.4 Å². The minimum Gasteiger partial charge on any atom is -0.474 e. The van der Waals surface area contributed by atoms with Crippen LogP contribution in [0.3, 0.4) is 0 Å². The summed E-state index contributed by atoms with van der Waals surface area (Å²) in [6.07, 6.45) is 9.65. The van der Waals surface area contributed by atoms with Gasteiger partial charge < -0.3 is 15.2 Å². The fourth-order valence-corrected chi connectivity index (χ4v) is 6.18. The summed E-state index contributed by atoms with van der Waals surface area (Å²) >= 11 is 0. The predicted molar refractivity (Wildman–Crippen MR) is 125 cm³/mol. The van der Waals surface area contributed by atoms with Gasteiger partial charge in [0.2, 0.25) is 11.8 Å². The first-order chi connectivity index (χ1) is 15.3. The van der Waals surface area contributed by atoms with Crippen molar-refractivity contribution in [2.24, 2.45) is 0 Å². The molecule has 0 spiro atoms. The molecule has 2 aromatic heterocycles. The van der Waals surface area contributed by atoms with Gasteiger partial charge in [-0.25, -0.2) is 23.4 Å². The Kier molecular flexibility index (Phi) is 7.14. The second kappa shape index (κ2) is 9.87. The highest BCUT2D eigenvalue weighted by Gasteiger charge is 2.28. The van der Waals surface area contributed by atoms with Gasteiger partial charge in [0.25, 0.3) is 0 Å². The monoisotopic (exact) mass is 462 g/mol. The molecule has 0 radical (unpaired) electrons. The van der Waals surface area contributed by atoms with Crippen LogP contribution in [0, 0.1) is 0 Å². The third-order valence-corrected chi connectivity index (χ3v) is 8.34. The number of aromatic nitrogens is 3. The summed E-state index contributed by atoms with van der Waals surface area (Å²) in [7, 11) is -2.95. The fraction of sp³-hybridized carbons (Fsp3) is 0.696. The standard InChI is InChI=1S/C23H34N4O4S/c1-3-4-15(2)26-23-25-14-20-21(27-23)19(16-5-7-17(28)8-6-16)13-24-22(20)31-18-9-11-32(29,30)12-10-18/h13-18,28H,3-12H2,1-2H3,(H,25,26,27)/t15?,16-,17+. The minimum absolute atomic E-state index is 0.151. The van der Waals surface area contributed by atoms with Gasteiger partial charge >= 0.3 is 0 Å². The summed E-state index contributed by atoms with van der Waals surface area (Å²) in [6, 6.07) is 0.271. The molecular formula is C23H34N4O4S. The fourth-order valence-electron chi connectivity index (χ4n) is 4.74. The number of hydrogen-bond acceptors (Lipinski definition) is 8. The van der Waals surface area contributed by atoms with E-state index in [0.717, 1.165) is 55.0 Å². The number of hydrogen-bond donors (Lipinski definition) is 2. The zero-order valence-corrected chi connectivity index (χ0v) is 19.8. The molecule has 0 amide bonds. The Labute approximate surface area is 190 Å². The van der Waals surface area contributed by atoms with Crippen LogP contribution in [0.1, 0.15) is 76.7 Å². The maximum absolute atomic E-state index is 11.8. The quantitative estimate of drug-likeness (QED) is 0.641. The van der Waals surface area contributed by atoms with Crippen molar-refractivity contribution in [1.82, 2.24) is 15.0 Å². The topological polar surface area (TPSA) is 114 Å². The number of anilines is 1. The average molecular weight is 463 g/mol. The average Bonchev–Trinajstić information content (AvgIpc) is 2.76. The molecule has 1 unspecified atom stereocenters. The lowest BCUT2D eigenvalue weighted by Gasteiger charge is -2.27. The number of fused-ring (bicyclic) bond motifs is 1. The van der Waals surface area contributed by atoms with Crippen molar-refractivity contribution in [3.05, 3.63) is 18.0 Å². The Balaban J connectivity index is 1.65. The first kappa shape index (κ1) is 23.2. The molecule has 4 rings (SSSR count). The second-order valence-electron chi connectivity index (χ2n) is 9.28. The number of sulfone groups is 1. The van der Waals surface area contributed by atoms with Crippen molar-refractivity contribution in [2.45, 2.75) is 89.4 Å². The zero-order valence-electron chi connectivity index (χ0n) is 19.0. The lowest BCUT2D eigenvalue weighted by Crippen LogP contribution is -2.31. The molecule has 0 aromatic carbocycles. The number of ether oxygens (including phenoxy) is 1. The molecule has 1 saturated carbocycles. The highest BCUT2D eigenvalue weighted by molar-refractivity contribution is 7.91. The molecule has 2 fully saturated rings. The first-order valence-electron chi connectivity index (χ1n) is 11.8. The molecular weight excluding hydrogens is 428 g/mol. The maximum atomic E-state index is 11.8. The van der Waals surface area contributed by atoms with E-state index in [4.69, 9.17) is 9.72 Å². The van der Waals surface area contributed by atoms with Crippen LogP contribution in [0.25, 0.3) is 10.9 Å². The lowest BCUT2D eigenvalue weighted by molar-refractivity contribution is 0.122. The smallest absolute Gasteiger partial charge is 0.224 e. The summed E-state index contributed by atoms with van der Waals surface area (Å²) in [4.78, 5) is 14.0. The molecule has 2 aliphatic rings. The number of rotatable bonds is 7. The Hall–Kier alpha value is -2.00. The molecule has 32 heavy (non-hydrogen) atoms. The highest BCUT2D eigenvalue weighted by Crippen LogP contribution is 2.38. The third-order valence-electron chi connectivity index (χ3n) is 6.63. The molecule has 1 atom stereocenters. The van der Waals surface area contributed by atoms with E-state index < -0.39 is 9.84 Å². The number of aliphatic hydroxyl groups excluding tert-OH is 1. The summed E-state index contributed by atoms with van der Waals surface area (Å²) in [5, 5.41) is 14.1. The lowest BCUT2D eigenvalue weighted by atomic mass is 9.83. The minimum atomic E-state index is -2.95. The summed E-state index contributed by atoms with van der Waals surface area (Å²) in [5.74, 6) is 1.65. The molecule has 2 N–H and O–H groups in total. The van der Waals surface area contributed by atoms with Crippen LogP contribution in [0.2, 0.25) is 0 Å². The van der Waals surface area contributed by atoms with Gasteiger partial charge in [0.1, 0.15) is 6.10 Å². The van der Waals surface area contributed by atoms with Gasteiger partial charge in [-0.05, 0) is 57.8 Å². The second-order valence-corrected chi connectivity index (χ2v) is 11.6. The Morgan fingerprint density at radius 2 is 1.84 bits per heavy atom. The van der Waals surface area contributed by atoms with E-state index in [1.807, 2.05) is 6.20 Å². The van der Waals surface area contributed by atoms with Crippen LogP contribution >= 0.6 is 0 Å². The Morgan fingerprint density at radius 3 is 2.53 bits per heavy atom. The normalized spacial score (nSPS) is 24.8. The Morgan fingerprint density at radius 1 is 1.12 bits per heavy atom. The number of nitrogens with one attached hydrogen (secondary N) is 1. The van der Waals surface area contributed by atoms with Crippen LogP contribution in [0.4, 0.5) is 5.95 Å². The van der Waals surface area contributed by atoms with Gasteiger partial charge in [-0.2, -0.15) is 0 Å². The van der Waals surface area contributed by atoms with Gasteiger partial charge in [0.05, 0.1) is 28.5 Å². The van der Waals surface area contributed by atoms with E-state index in [9.17, 15) is 13.5 Å². The molecule has 1 aliphatic carbocycles. The van der Waals surface area contributed by atoms with Gasteiger partial charge in [-0.15, -0.1) is 0 Å². The third kappa shape index (κ3) is 5.49. The van der Waals surface area contributed by atoms with Crippen LogP contribution in [0.5, 0.6) is 5.88 Å². The van der Waals surface area contributed by atoms with Gasteiger partial charge in [0.15, 0.2) is 9.84 Å². The molecule has 9 heteroatoms. The predicted octanol–water partition coefficient (Wildman–Crippen LogP) is 3.60. The van der Waals surface area contributed by atoms with Gasteiger partial charge in [0, 0.05) is 24.0 Å².